The lowest BCUT2D eigenvalue weighted by atomic mass is 10.2. The van der Waals surface area contributed by atoms with Gasteiger partial charge in [0.2, 0.25) is 0 Å². The highest BCUT2D eigenvalue weighted by atomic mass is 32.2. The van der Waals surface area contributed by atoms with Crippen molar-refractivity contribution < 1.29 is 13.5 Å². The number of hydrogen-bond acceptors (Lipinski definition) is 5. The molecule has 1 atom stereocenters. The van der Waals surface area contributed by atoms with Crippen molar-refractivity contribution in [1.29, 1.82) is 0 Å². The Labute approximate surface area is 81.5 Å². The molecule has 0 bridgehead atoms. The van der Waals surface area contributed by atoms with Gasteiger partial charge in [0.1, 0.15) is 12.9 Å². The Morgan fingerprint density at radius 1 is 1.64 bits per heavy atom. The average molecular weight is 217 g/mol. The van der Waals surface area contributed by atoms with Crippen molar-refractivity contribution in [3.8, 4) is 0 Å². The van der Waals surface area contributed by atoms with E-state index in [4.69, 9.17) is 5.11 Å². The third kappa shape index (κ3) is 1.64. The van der Waals surface area contributed by atoms with Crippen LogP contribution in [-0.4, -0.2) is 39.8 Å². The molecule has 1 unspecified atom stereocenters. The van der Waals surface area contributed by atoms with Gasteiger partial charge < -0.3 is 9.67 Å². The zero-order valence-corrected chi connectivity index (χ0v) is 8.31. The summed E-state index contributed by atoms with van der Waals surface area (Å²) in [7, 11) is -2.90. The third-order valence-electron chi connectivity index (χ3n) is 2.39. The van der Waals surface area contributed by atoms with Gasteiger partial charge in [0.15, 0.2) is 15.7 Å². The van der Waals surface area contributed by atoms with E-state index in [9.17, 15) is 8.42 Å². The molecular weight excluding hydrogens is 206 g/mol. The molecule has 1 aromatic rings. The molecular formula is C7H11N3O3S. The molecule has 1 aliphatic rings. The molecule has 7 heteroatoms. The Morgan fingerprint density at radius 2 is 2.43 bits per heavy atom. The summed E-state index contributed by atoms with van der Waals surface area (Å²) in [4.78, 5) is 0. The van der Waals surface area contributed by atoms with E-state index < -0.39 is 9.84 Å². The van der Waals surface area contributed by atoms with E-state index in [1.165, 1.54) is 6.33 Å². The molecule has 1 aromatic heterocycles. The van der Waals surface area contributed by atoms with Gasteiger partial charge in [-0.3, -0.25) is 0 Å². The number of aliphatic hydroxyl groups is 1. The number of aromatic nitrogens is 3. The maximum atomic E-state index is 11.2. The van der Waals surface area contributed by atoms with Crippen LogP contribution < -0.4 is 0 Å². The molecule has 0 aliphatic carbocycles. The summed E-state index contributed by atoms with van der Waals surface area (Å²) in [5.41, 5.74) is 0. The van der Waals surface area contributed by atoms with Crippen molar-refractivity contribution in [1.82, 2.24) is 14.8 Å². The highest BCUT2D eigenvalue weighted by Gasteiger charge is 2.30. The molecule has 2 rings (SSSR count). The highest BCUT2D eigenvalue weighted by Crippen LogP contribution is 2.23. The summed E-state index contributed by atoms with van der Waals surface area (Å²) in [6.07, 6.45) is 2.05. The summed E-state index contributed by atoms with van der Waals surface area (Å²) < 4.78 is 24.1. The predicted octanol–water partition coefficient (Wildman–Crippen LogP) is -0.870. The first-order valence-electron chi connectivity index (χ1n) is 4.32. The monoisotopic (exact) mass is 217 g/mol. The van der Waals surface area contributed by atoms with E-state index in [2.05, 4.69) is 10.2 Å². The smallest absolute Gasteiger partial charge is 0.158 e. The number of hydrogen-bond donors (Lipinski definition) is 1. The molecule has 14 heavy (non-hydrogen) atoms. The highest BCUT2D eigenvalue weighted by molar-refractivity contribution is 7.91. The maximum Gasteiger partial charge on any atom is 0.158 e. The van der Waals surface area contributed by atoms with Gasteiger partial charge in [-0.05, 0) is 6.42 Å². The zero-order valence-electron chi connectivity index (χ0n) is 7.50. The molecule has 2 heterocycles. The van der Waals surface area contributed by atoms with E-state index in [-0.39, 0.29) is 24.2 Å². The number of nitrogens with zero attached hydrogens (tertiary/aromatic N) is 3. The standard InChI is InChI=1S/C7H11N3O3S/c11-3-7-9-8-5-10(7)6-1-2-14(12,13)4-6/h5-6,11H,1-4H2. The molecule has 1 fully saturated rings. The molecule has 0 amide bonds. The zero-order chi connectivity index (χ0) is 10.2. The summed E-state index contributed by atoms with van der Waals surface area (Å²) in [6, 6.07) is -0.114. The Bertz CT molecular complexity index is 425. The first-order valence-corrected chi connectivity index (χ1v) is 6.14. The second-order valence-corrected chi connectivity index (χ2v) is 5.60. The van der Waals surface area contributed by atoms with Crippen LogP contribution in [0.1, 0.15) is 18.3 Å². The molecule has 0 spiro atoms. The molecule has 0 saturated carbocycles. The van der Waals surface area contributed by atoms with Crippen molar-refractivity contribution in [3.05, 3.63) is 12.2 Å². The van der Waals surface area contributed by atoms with Gasteiger partial charge >= 0.3 is 0 Å². The fraction of sp³-hybridized carbons (Fsp3) is 0.714. The second-order valence-electron chi connectivity index (χ2n) is 3.37. The molecule has 1 N–H and O–H groups in total. The first kappa shape index (κ1) is 9.60. The van der Waals surface area contributed by atoms with Crippen LogP contribution in [0.2, 0.25) is 0 Å². The Kier molecular flexibility index (Phi) is 2.28. The normalized spacial score (nSPS) is 25.4. The van der Waals surface area contributed by atoms with Crippen molar-refractivity contribution >= 4 is 9.84 Å². The summed E-state index contributed by atoms with van der Waals surface area (Å²) in [5.74, 6) is 0.755. The maximum absolute atomic E-state index is 11.2. The van der Waals surface area contributed by atoms with E-state index in [0.29, 0.717) is 12.2 Å². The van der Waals surface area contributed by atoms with Gasteiger partial charge in [-0.15, -0.1) is 10.2 Å². The predicted molar refractivity (Wildman–Crippen MR) is 48.3 cm³/mol. The molecule has 0 radical (unpaired) electrons. The average Bonchev–Trinajstić information content (AvgIpc) is 2.70. The van der Waals surface area contributed by atoms with E-state index in [0.717, 1.165) is 0 Å². The number of aliphatic hydroxyl groups excluding tert-OH is 1. The van der Waals surface area contributed by atoms with Crippen molar-refractivity contribution in [2.45, 2.75) is 19.1 Å². The topological polar surface area (TPSA) is 85.1 Å². The number of rotatable bonds is 2. The lowest BCUT2D eigenvalue weighted by molar-refractivity contribution is 0.261. The second kappa shape index (κ2) is 3.32. The molecule has 78 valence electrons. The van der Waals surface area contributed by atoms with Crippen LogP contribution in [0.15, 0.2) is 6.33 Å². The van der Waals surface area contributed by atoms with E-state index in [1.54, 1.807) is 4.57 Å². The van der Waals surface area contributed by atoms with Gasteiger partial charge in [0.25, 0.3) is 0 Å². The fourth-order valence-corrected chi connectivity index (χ4v) is 3.39. The van der Waals surface area contributed by atoms with Gasteiger partial charge in [-0.25, -0.2) is 8.42 Å². The molecule has 6 nitrogen and oxygen atoms in total. The van der Waals surface area contributed by atoms with Crippen LogP contribution in [0, 0.1) is 0 Å². The van der Waals surface area contributed by atoms with E-state index >= 15 is 0 Å². The lowest BCUT2D eigenvalue weighted by Crippen LogP contribution is -2.13. The number of sulfone groups is 1. The minimum atomic E-state index is -2.90. The van der Waals surface area contributed by atoms with Gasteiger partial charge in [0.05, 0.1) is 17.5 Å². The van der Waals surface area contributed by atoms with Crippen molar-refractivity contribution in [3.63, 3.8) is 0 Å². The van der Waals surface area contributed by atoms with Crippen molar-refractivity contribution in [2.75, 3.05) is 11.5 Å². The summed E-state index contributed by atoms with van der Waals surface area (Å²) in [6.45, 7) is -0.212. The largest absolute Gasteiger partial charge is 0.388 e. The van der Waals surface area contributed by atoms with Crippen LogP contribution in [0.3, 0.4) is 0 Å². The van der Waals surface area contributed by atoms with Gasteiger partial charge in [0, 0.05) is 0 Å². The van der Waals surface area contributed by atoms with Crippen LogP contribution in [0.4, 0.5) is 0 Å². The minimum absolute atomic E-state index is 0.114. The summed E-state index contributed by atoms with van der Waals surface area (Å²) >= 11 is 0. The Balaban J connectivity index is 2.25. The SMILES string of the molecule is O=S1(=O)CCC(n2cnnc2CO)C1. The quantitative estimate of drug-likeness (QED) is 0.696. The Hall–Kier alpha value is -0.950. The molecule has 1 aliphatic heterocycles. The van der Waals surface area contributed by atoms with Gasteiger partial charge in [-0.1, -0.05) is 0 Å². The molecule has 0 aromatic carbocycles. The van der Waals surface area contributed by atoms with E-state index in [1.807, 2.05) is 0 Å². The van der Waals surface area contributed by atoms with Crippen LogP contribution in [0.5, 0.6) is 0 Å². The fourth-order valence-electron chi connectivity index (χ4n) is 1.68. The van der Waals surface area contributed by atoms with Gasteiger partial charge in [-0.2, -0.15) is 0 Å². The van der Waals surface area contributed by atoms with Crippen LogP contribution in [-0.2, 0) is 16.4 Å². The lowest BCUT2D eigenvalue weighted by Gasteiger charge is -2.10. The third-order valence-corrected chi connectivity index (χ3v) is 4.14. The molecule has 1 saturated heterocycles. The summed E-state index contributed by atoms with van der Waals surface area (Å²) in [5, 5.41) is 16.3. The Morgan fingerprint density at radius 3 is 3.00 bits per heavy atom. The first-order chi connectivity index (χ1) is 6.62. The van der Waals surface area contributed by atoms with Crippen molar-refractivity contribution in [2.24, 2.45) is 0 Å². The minimum Gasteiger partial charge on any atom is -0.388 e. The van der Waals surface area contributed by atoms with Crippen LogP contribution in [0.25, 0.3) is 0 Å². The van der Waals surface area contributed by atoms with Crippen LogP contribution >= 0.6 is 0 Å².